The second kappa shape index (κ2) is 4.60. The second-order valence-corrected chi connectivity index (χ2v) is 5.53. The third-order valence-electron chi connectivity index (χ3n) is 3.46. The fourth-order valence-corrected chi connectivity index (χ4v) is 3.33. The summed E-state index contributed by atoms with van der Waals surface area (Å²) in [6.45, 7) is 0. The predicted molar refractivity (Wildman–Crippen MR) is 82.3 cm³/mol. The van der Waals surface area contributed by atoms with Gasteiger partial charge in [0.2, 0.25) is 11.8 Å². The van der Waals surface area contributed by atoms with Crippen molar-refractivity contribution in [2.45, 2.75) is 18.9 Å². The highest BCUT2D eigenvalue weighted by atomic mass is 32.1. The maximum atomic E-state index is 12.0. The van der Waals surface area contributed by atoms with Crippen molar-refractivity contribution in [2.24, 2.45) is 0 Å². The molecule has 7 heteroatoms. The molecule has 20 heavy (non-hydrogen) atoms. The van der Waals surface area contributed by atoms with Crippen LogP contribution in [0.3, 0.4) is 0 Å². The Balaban J connectivity index is 1.97. The molecule has 0 saturated carbocycles. The lowest BCUT2D eigenvalue weighted by Crippen LogP contribution is -2.53. The fourth-order valence-electron chi connectivity index (χ4n) is 2.49. The number of thiocarbonyl (C=S) groups is 2. The predicted octanol–water partition coefficient (Wildman–Crippen LogP) is 0.741. The Morgan fingerprint density at radius 3 is 2.60 bits per heavy atom. The summed E-state index contributed by atoms with van der Waals surface area (Å²) in [6.07, 6.45) is 0.699. The SMILES string of the molecule is Nc1ccc2c(c1)C(=S)N(C1CCC(=O)NC1=O)C2=S. The summed E-state index contributed by atoms with van der Waals surface area (Å²) in [7, 11) is 0. The van der Waals surface area contributed by atoms with Crippen LogP contribution in [-0.2, 0) is 9.59 Å². The lowest BCUT2D eigenvalue weighted by molar-refractivity contribution is -0.135. The molecule has 3 N–H and O–H groups in total. The molecule has 1 unspecified atom stereocenters. The Labute approximate surface area is 126 Å². The number of amides is 2. The molecular weight excluding hydrogens is 294 g/mol. The molecule has 0 aromatic heterocycles. The summed E-state index contributed by atoms with van der Waals surface area (Å²) in [5.74, 6) is -0.615. The van der Waals surface area contributed by atoms with Crippen molar-refractivity contribution in [3.8, 4) is 0 Å². The molecule has 0 aliphatic carbocycles. The van der Waals surface area contributed by atoms with Gasteiger partial charge in [0.25, 0.3) is 0 Å². The van der Waals surface area contributed by atoms with E-state index in [-0.39, 0.29) is 18.2 Å². The van der Waals surface area contributed by atoms with E-state index in [0.717, 1.165) is 11.1 Å². The van der Waals surface area contributed by atoms with Crippen molar-refractivity contribution in [3.63, 3.8) is 0 Å². The van der Waals surface area contributed by atoms with Crippen LogP contribution in [0, 0.1) is 0 Å². The number of carbonyl (C=O) groups is 2. The zero-order valence-electron chi connectivity index (χ0n) is 10.4. The largest absolute Gasteiger partial charge is 0.399 e. The van der Waals surface area contributed by atoms with Crippen LogP contribution in [-0.4, -0.2) is 32.7 Å². The highest BCUT2D eigenvalue weighted by Gasteiger charge is 2.40. The van der Waals surface area contributed by atoms with E-state index in [0.29, 0.717) is 22.1 Å². The molecule has 1 aromatic rings. The van der Waals surface area contributed by atoms with Crippen molar-refractivity contribution >= 4 is 51.9 Å². The van der Waals surface area contributed by atoms with E-state index in [4.69, 9.17) is 30.2 Å². The number of nitrogens with one attached hydrogen (secondary N) is 1. The third kappa shape index (κ3) is 1.90. The van der Waals surface area contributed by atoms with Crippen LogP contribution in [0.1, 0.15) is 24.0 Å². The molecule has 0 spiro atoms. The first-order valence-electron chi connectivity index (χ1n) is 6.10. The van der Waals surface area contributed by atoms with E-state index in [1.165, 1.54) is 0 Å². The number of piperidine rings is 1. The van der Waals surface area contributed by atoms with Gasteiger partial charge in [-0.1, -0.05) is 24.4 Å². The number of fused-ring (bicyclic) bond motifs is 1. The van der Waals surface area contributed by atoms with E-state index in [2.05, 4.69) is 5.32 Å². The molecule has 5 nitrogen and oxygen atoms in total. The highest BCUT2D eigenvalue weighted by Crippen LogP contribution is 2.30. The zero-order chi connectivity index (χ0) is 14.4. The molecule has 2 aliphatic rings. The minimum absolute atomic E-state index is 0.260. The van der Waals surface area contributed by atoms with Crippen LogP contribution in [0.15, 0.2) is 18.2 Å². The number of rotatable bonds is 1. The van der Waals surface area contributed by atoms with Gasteiger partial charge in [-0.2, -0.15) is 0 Å². The minimum Gasteiger partial charge on any atom is -0.399 e. The minimum atomic E-state index is -0.527. The second-order valence-electron chi connectivity index (χ2n) is 4.75. The van der Waals surface area contributed by atoms with E-state index in [1.807, 2.05) is 6.07 Å². The van der Waals surface area contributed by atoms with Crippen molar-refractivity contribution in [2.75, 3.05) is 5.73 Å². The quantitative estimate of drug-likeness (QED) is 0.453. The van der Waals surface area contributed by atoms with Gasteiger partial charge in [-0.05, 0) is 24.6 Å². The molecule has 1 fully saturated rings. The average Bonchev–Trinajstić information content (AvgIpc) is 2.63. The van der Waals surface area contributed by atoms with Crippen LogP contribution < -0.4 is 11.1 Å². The highest BCUT2D eigenvalue weighted by molar-refractivity contribution is 7.82. The lowest BCUT2D eigenvalue weighted by Gasteiger charge is -2.30. The number of carbonyl (C=O) groups excluding carboxylic acids is 2. The standard InChI is InChI=1S/C13H11N3O2S2/c14-6-1-2-7-8(5-6)13(20)16(12(7)19)9-3-4-10(17)15-11(9)18/h1-2,5,9H,3-4,14H2,(H,15,17,18). The van der Waals surface area contributed by atoms with Gasteiger partial charge in [0.1, 0.15) is 16.0 Å². The Hall–Kier alpha value is -1.86. The van der Waals surface area contributed by atoms with E-state index >= 15 is 0 Å². The van der Waals surface area contributed by atoms with E-state index in [9.17, 15) is 9.59 Å². The van der Waals surface area contributed by atoms with Gasteiger partial charge < -0.3 is 10.6 Å². The first kappa shape index (κ1) is 13.1. The summed E-state index contributed by atoms with van der Waals surface area (Å²) < 4.78 is 0. The fraction of sp³-hybridized carbons (Fsp3) is 0.231. The average molecular weight is 305 g/mol. The summed E-state index contributed by atoms with van der Waals surface area (Å²) in [4.78, 5) is 25.9. The molecule has 2 amide bonds. The third-order valence-corrected chi connectivity index (χ3v) is 4.30. The number of nitrogens with zero attached hydrogens (tertiary/aromatic N) is 1. The summed E-state index contributed by atoms with van der Waals surface area (Å²) in [6, 6.07) is 4.80. The number of benzene rings is 1. The van der Waals surface area contributed by atoms with Crippen molar-refractivity contribution in [3.05, 3.63) is 29.3 Å². The van der Waals surface area contributed by atoms with Gasteiger partial charge in [-0.3, -0.25) is 14.9 Å². The summed E-state index contributed by atoms with van der Waals surface area (Å²) in [5.41, 5.74) is 7.94. The van der Waals surface area contributed by atoms with Gasteiger partial charge in [-0.15, -0.1) is 0 Å². The molecule has 0 radical (unpaired) electrons. The maximum Gasteiger partial charge on any atom is 0.249 e. The number of nitrogens with two attached hydrogens (primary N) is 1. The van der Waals surface area contributed by atoms with Gasteiger partial charge >= 0.3 is 0 Å². The summed E-state index contributed by atoms with van der Waals surface area (Å²) >= 11 is 10.8. The van der Waals surface area contributed by atoms with Crippen LogP contribution >= 0.6 is 24.4 Å². The molecular formula is C13H11N3O2S2. The molecule has 102 valence electrons. The molecule has 1 saturated heterocycles. The van der Waals surface area contributed by atoms with Crippen LogP contribution in [0.2, 0.25) is 0 Å². The van der Waals surface area contributed by atoms with Gasteiger partial charge in [0.15, 0.2) is 0 Å². The molecule has 2 aliphatic heterocycles. The molecule has 1 atom stereocenters. The monoisotopic (exact) mass is 305 g/mol. The Morgan fingerprint density at radius 1 is 1.20 bits per heavy atom. The number of anilines is 1. The number of imide groups is 1. The van der Waals surface area contributed by atoms with Gasteiger partial charge in [0, 0.05) is 23.2 Å². The number of hydrogen-bond donors (Lipinski definition) is 2. The molecule has 1 aromatic carbocycles. The first-order chi connectivity index (χ1) is 9.49. The zero-order valence-corrected chi connectivity index (χ0v) is 12.0. The Morgan fingerprint density at radius 2 is 1.90 bits per heavy atom. The van der Waals surface area contributed by atoms with Gasteiger partial charge in [-0.25, -0.2) is 0 Å². The molecule has 2 heterocycles. The van der Waals surface area contributed by atoms with Crippen molar-refractivity contribution in [1.82, 2.24) is 10.2 Å². The first-order valence-corrected chi connectivity index (χ1v) is 6.92. The Bertz CT molecular complexity index is 672. The smallest absolute Gasteiger partial charge is 0.249 e. The molecule has 0 bridgehead atoms. The lowest BCUT2D eigenvalue weighted by atomic mass is 10.0. The molecule has 3 rings (SSSR count). The van der Waals surface area contributed by atoms with Gasteiger partial charge in [0.05, 0.1) is 0 Å². The van der Waals surface area contributed by atoms with E-state index < -0.39 is 6.04 Å². The van der Waals surface area contributed by atoms with Crippen LogP contribution in [0.4, 0.5) is 5.69 Å². The van der Waals surface area contributed by atoms with Crippen LogP contribution in [0.25, 0.3) is 0 Å². The van der Waals surface area contributed by atoms with Crippen molar-refractivity contribution in [1.29, 1.82) is 0 Å². The van der Waals surface area contributed by atoms with E-state index in [1.54, 1.807) is 17.0 Å². The number of hydrogen-bond acceptors (Lipinski definition) is 5. The topological polar surface area (TPSA) is 75.4 Å². The maximum absolute atomic E-state index is 12.0. The Kier molecular flexibility index (Phi) is 3.02. The number of nitrogen functional groups attached to an aromatic ring is 1. The summed E-state index contributed by atoms with van der Waals surface area (Å²) in [5, 5.41) is 2.32. The van der Waals surface area contributed by atoms with Crippen LogP contribution in [0.5, 0.6) is 0 Å². The normalized spacial score (nSPS) is 22.0. The van der Waals surface area contributed by atoms with Crippen molar-refractivity contribution < 1.29 is 9.59 Å².